The highest BCUT2D eigenvalue weighted by Gasteiger charge is 2.07. The van der Waals surface area contributed by atoms with Crippen molar-refractivity contribution in [2.45, 2.75) is 45.4 Å². The lowest BCUT2D eigenvalue weighted by Crippen LogP contribution is -2.07. The van der Waals surface area contributed by atoms with Gasteiger partial charge in [0, 0.05) is 6.21 Å². The van der Waals surface area contributed by atoms with Crippen LogP contribution in [0, 0.1) is 0 Å². The van der Waals surface area contributed by atoms with Crippen LogP contribution in [0.4, 0.5) is 5.69 Å². The maximum atomic E-state index is 12.2. The summed E-state index contributed by atoms with van der Waals surface area (Å²) in [7, 11) is 0. The molecule has 0 aliphatic carbocycles. The van der Waals surface area contributed by atoms with E-state index in [2.05, 4.69) is 11.9 Å². The van der Waals surface area contributed by atoms with E-state index in [9.17, 15) is 4.79 Å². The highest BCUT2D eigenvalue weighted by molar-refractivity contribution is 5.91. The zero-order valence-electron chi connectivity index (χ0n) is 18.7. The molecule has 0 aromatic heterocycles. The van der Waals surface area contributed by atoms with Gasteiger partial charge in [-0.15, -0.1) is 0 Å². The third kappa shape index (κ3) is 8.03. The number of aliphatic imine (C=N–C) groups is 1. The van der Waals surface area contributed by atoms with Crippen molar-refractivity contribution in [3.05, 3.63) is 90.0 Å². The van der Waals surface area contributed by atoms with Crippen LogP contribution in [-0.2, 0) is 0 Å². The summed E-state index contributed by atoms with van der Waals surface area (Å²) in [6.45, 7) is 3.00. The number of carbonyl (C=O) groups excluding carboxylic acids is 1. The Kier molecular flexibility index (Phi) is 9.53. The molecule has 3 aromatic carbocycles. The van der Waals surface area contributed by atoms with Gasteiger partial charge in [-0.1, -0.05) is 57.2 Å². The Morgan fingerprint density at radius 2 is 1.47 bits per heavy atom. The van der Waals surface area contributed by atoms with E-state index in [1.54, 1.807) is 42.6 Å². The van der Waals surface area contributed by atoms with Gasteiger partial charge >= 0.3 is 5.97 Å². The molecule has 0 bridgehead atoms. The molecule has 32 heavy (non-hydrogen) atoms. The molecule has 0 amide bonds. The van der Waals surface area contributed by atoms with Gasteiger partial charge in [0.1, 0.15) is 11.5 Å². The number of ether oxygens (including phenoxy) is 2. The summed E-state index contributed by atoms with van der Waals surface area (Å²) < 4.78 is 11.2. The van der Waals surface area contributed by atoms with Gasteiger partial charge in [-0.3, -0.25) is 4.99 Å². The van der Waals surface area contributed by atoms with Crippen LogP contribution in [0.2, 0.25) is 0 Å². The van der Waals surface area contributed by atoms with Crippen LogP contribution >= 0.6 is 0 Å². The van der Waals surface area contributed by atoms with Crippen LogP contribution in [0.5, 0.6) is 11.5 Å². The lowest BCUT2D eigenvalue weighted by Gasteiger charge is -2.06. The van der Waals surface area contributed by atoms with E-state index in [0.717, 1.165) is 30.0 Å². The van der Waals surface area contributed by atoms with Crippen molar-refractivity contribution in [1.82, 2.24) is 0 Å². The van der Waals surface area contributed by atoms with E-state index < -0.39 is 0 Å². The molecule has 0 spiro atoms. The second kappa shape index (κ2) is 13.1. The minimum absolute atomic E-state index is 0.386. The zero-order chi connectivity index (χ0) is 22.4. The quantitative estimate of drug-likeness (QED) is 0.130. The van der Waals surface area contributed by atoms with Crippen molar-refractivity contribution >= 4 is 17.9 Å². The monoisotopic (exact) mass is 429 g/mol. The van der Waals surface area contributed by atoms with E-state index in [0.29, 0.717) is 11.3 Å². The normalized spacial score (nSPS) is 10.9. The molecule has 0 unspecified atom stereocenters. The van der Waals surface area contributed by atoms with Crippen molar-refractivity contribution in [3.63, 3.8) is 0 Å². The average molecular weight is 430 g/mol. The standard InChI is InChI=1S/C28H31NO3/c1-2-3-4-5-6-10-21-31-26-19-13-23(14-20-26)22-29-25-17-15-24(16-18-25)28(30)32-27-11-8-7-9-12-27/h7-9,11-20,22H,2-6,10,21H2,1H3. The van der Waals surface area contributed by atoms with Crippen LogP contribution in [0.25, 0.3) is 0 Å². The van der Waals surface area contributed by atoms with Crippen molar-refractivity contribution in [1.29, 1.82) is 0 Å². The van der Waals surface area contributed by atoms with E-state index in [4.69, 9.17) is 9.47 Å². The van der Waals surface area contributed by atoms with Gasteiger partial charge in [0.15, 0.2) is 0 Å². The lowest BCUT2D eigenvalue weighted by atomic mass is 10.1. The fourth-order valence-corrected chi connectivity index (χ4v) is 3.21. The zero-order valence-corrected chi connectivity index (χ0v) is 18.7. The highest BCUT2D eigenvalue weighted by Crippen LogP contribution is 2.17. The van der Waals surface area contributed by atoms with E-state index >= 15 is 0 Å². The first-order valence-electron chi connectivity index (χ1n) is 11.4. The second-order valence-electron chi connectivity index (χ2n) is 7.69. The Bertz CT molecular complexity index is 964. The average Bonchev–Trinajstić information content (AvgIpc) is 2.84. The van der Waals surface area contributed by atoms with Crippen molar-refractivity contribution in [2.75, 3.05) is 6.61 Å². The molecule has 0 radical (unpaired) electrons. The molecule has 0 aliphatic rings. The van der Waals surface area contributed by atoms with Crippen LogP contribution in [-0.4, -0.2) is 18.8 Å². The Hall–Kier alpha value is -3.40. The molecule has 0 N–H and O–H groups in total. The van der Waals surface area contributed by atoms with Gasteiger partial charge in [-0.05, 0) is 72.6 Å². The van der Waals surface area contributed by atoms with Gasteiger partial charge in [0.05, 0.1) is 17.9 Å². The molecule has 3 rings (SSSR count). The molecule has 4 nitrogen and oxygen atoms in total. The molecular weight excluding hydrogens is 398 g/mol. The molecule has 4 heteroatoms. The minimum atomic E-state index is -0.386. The number of carbonyl (C=O) groups is 1. The fourth-order valence-electron chi connectivity index (χ4n) is 3.21. The topological polar surface area (TPSA) is 47.9 Å². The number of benzene rings is 3. The summed E-state index contributed by atoms with van der Waals surface area (Å²) in [5.74, 6) is 1.03. The van der Waals surface area contributed by atoms with Crippen LogP contribution < -0.4 is 9.47 Å². The molecule has 0 fully saturated rings. The second-order valence-corrected chi connectivity index (χ2v) is 7.69. The Morgan fingerprint density at radius 1 is 0.781 bits per heavy atom. The van der Waals surface area contributed by atoms with Gasteiger partial charge in [-0.25, -0.2) is 4.79 Å². The number of rotatable bonds is 12. The summed E-state index contributed by atoms with van der Waals surface area (Å²) in [5.41, 5.74) is 2.24. The maximum Gasteiger partial charge on any atom is 0.343 e. The van der Waals surface area contributed by atoms with Crippen molar-refractivity contribution in [3.8, 4) is 11.5 Å². The number of unbranched alkanes of at least 4 members (excludes halogenated alkanes) is 5. The largest absolute Gasteiger partial charge is 0.494 e. The van der Waals surface area contributed by atoms with Crippen LogP contribution in [0.15, 0.2) is 83.9 Å². The Labute approximate surface area is 190 Å². The van der Waals surface area contributed by atoms with Crippen LogP contribution in [0.1, 0.15) is 61.4 Å². The van der Waals surface area contributed by atoms with Crippen molar-refractivity contribution in [2.24, 2.45) is 4.99 Å². The smallest absolute Gasteiger partial charge is 0.343 e. The molecule has 0 saturated carbocycles. The first-order chi connectivity index (χ1) is 15.7. The molecule has 166 valence electrons. The summed E-state index contributed by atoms with van der Waals surface area (Å²) in [5, 5.41) is 0. The highest BCUT2D eigenvalue weighted by atomic mass is 16.5. The third-order valence-electron chi connectivity index (χ3n) is 5.07. The summed E-state index contributed by atoms with van der Waals surface area (Å²) in [6, 6.07) is 24.0. The first kappa shape index (κ1) is 23.3. The van der Waals surface area contributed by atoms with Gasteiger partial charge in [0.2, 0.25) is 0 Å². The van der Waals surface area contributed by atoms with E-state index in [-0.39, 0.29) is 5.97 Å². The number of hydrogen-bond acceptors (Lipinski definition) is 4. The maximum absolute atomic E-state index is 12.2. The molecule has 0 heterocycles. The minimum Gasteiger partial charge on any atom is -0.494 e. The first-order valence-corrected chi connectivity index (χ1v) is 11.4. The predicted octanol–water partition coefficient (Wildman–Crippen LogP) is 7.40. The Morgan fingerprint density at radius 3 is 2.19 bits per heavy atom. The van der Waals surface area contributed by atoms with Gasteiger partial charge < -0.3 is 9.47 Å². The predicted molar refractivity (Wildman–Crippen MR) is 130 cm³/mol. The SMILES string of the molecule is CCCCCCCCOc1ccc(C=Nc2ccc(C(=O)Oc3ccccc3)cc2)cc1. The fraction of sp³-hybridized carbons (Fsp3) is 0.286. The number of hydrogen-bond donors (Lipinski definition) is 0. The number of para-hydroxylation sites is 1. The summed E-state index contributed by atoms with van der Waals surface area (Å²) in [6.07, 6.45) is 9.35. The summed E-state index contributed by atoms with van der Waals surface area (Å²) in [4.78, 5) is 16.7. The van der Waals surface area contributed by atoms with Crippen molar-refractivity contribution < 1.29 is 14.3 Å². The van der Waals surface area contributed by atoms with Gasteiger partial charge in [0.25, 0.3) is 0 Å². The molecule has 0 saturated heterocycles. The van der Waals surface area contributed by atoms with Crippen LogP contribution in [0.3, 0.4) is 0 Å². The molecule has 0 aliphatic heterocycles. The van der Waals surface area contributed by atoms with E-state index in [1.807, 2.05) is 42.5 Å². The van der Waals surface area contributed by atoms with Gasteiger partial charge in [-0.2, -0.15) is 0 Å². The molecule has 0 atom stereocenters. The number of nitrogens with zero attached hydrogens (tertiary/aromatic N) is 1. The molecule has 3 aromatic rings. The summed E-state index contributed by atoms with van der Waals surface area (Å²) >= 11 is 0. The lowest BCUT2D eigenvalue weighted by molar-refractivity contribution is 0.0735. The third-order valence-corrected chi connectivity index (χ3v) is 5.07. The molecular formula is C28H31NO3. The Balaban J connectivity index is 1.44. The van der Waals surface area contributed by atoms with E-state index in [1.165, 1.54) is 32.1 Å². The number of esters is 1.